The lowest BCUT2D eigenvalue weighted by atomic mass is 9.85. The molecule has 1 aliphatic carbocycles. The summed E-state index contributed by atoms with van der Waals surface area (Å²) in [6.07, 6.45) is 7.84. The Balaban J connectivity index is 1.47. The third kappa shape index (κ3) is 2.59. The first-order chi connectivity index (χ1) is 10.3. The van der Waals surface area contributed by atoms with Gasteiger partial charge in [-0.3, -0.25) is 14.4 Å². The van der Waals surface area contributed by atoms with Crippen LogP contribution in [-0.2, 0) is 11.3 Å². The summed E-state index contributed by atoms with van der Waals surface area (Å²) in [5.74, 6) is 1.22. The highest BCUT2D eigenvalue weighted by Gasteiger charge is 2.31. The summed E-state index contributed by atoms with van der Waals surface area (Å²) in [7, 11) is 0. The van der Waals surface area contributed by atoms with Crippen LogP contribution in [0.4, 0.5) is 0 Å². The highest BCUT2D eigenvalue weighted by atomic mass is 16.2. The highest BCUT2D eigenvalue weighted by Crippen LogP contribution is 2.30. The maximum absolute atomic E-state index is 11.9. The number of hydrogen-bond acceptors (Lipinski definition) is 3. The van der Waals surface area contributed by atoms with E-state index < -0.39 is 0 Å². The summed E-state index contributed by atoms with van der Waals surface area (Å²) in [6, 6.07) is 2.46. The highest BCUT2D eigenvalue weighted by molar-refractivity contribution is 5.78. The molecule has 1 saturated carbocycles. The van der Waals surface area contributed by atoms with Crippen molar-refractivity contribution in [2.45, 2.75) is 44.7 Å². The first kappa shape index (κ1) is 13.3. The van der Waals surface area contributed by atoms with Gasteiger partial charge in [0.05, 0.1) is 11.7 Å². The molecule has 1 unspecified atom stereocenters. The second kappa shape index (κ2) is 5.44. The molecule has 2 fully saturated rings. The molecule has 3 aliphatic rings. The lowest BCUT2D eigenvalue weighted by Gasteiger charge is -2.39. The molecular formula is C16H24N4O. The van der Waals surface area contributed by atoms with Crippen LogP contribution in [0, 0.1) is 5.92 Å². The van der Waals surface area contributed by atoms with Gasteiger partial charge >= 0.3 is 0 Å². The lowest BCUT2D eigenvalue weighted by Crippen LogP contribution is -2.45. The molecule has 0 aromatic carbocycles. The van der Waals surface area contributed by atoms with E-state index >= 15 is 0 Å². The molecule has 5 nitrogen and oxygen atoms in total. The van der Waals surface area contributed by atoms with Gasteiger partial charge in [-0.25, -0.2) is 0 Å². The van der Waals surface area contributed by atoms with Crippen LogP contribution < -0.4 is 0 Å². The van der Waals surface area contributed by atoms with Crippen molar-refractivity contribution in [3.05, 3.63) is 18.0 Å². The third-order valence-electron chi connectivity index (χ3n) is 5.30. The van der Waals surface area contributed by atoms with Crippen molar-refractivity contribution in [2.24, 2.45) is 5.92 Å². The maximum Gasteiger partial charge on any atom is 0.222 e. The van der Waals surface area contributed by atoms with Gasteiger partial charge in [-0.1, -0.05) is 6.42 Å². The van der Waals surface area contributed by atoms with Crippen LogP contribution in [0.15, 0.2) is 12.3 Å². The zero-order chi connectivity index (χ0) is 14.2. The van der Waals surface area contributed by atoms with E-state index in [2.05, 4.69) is 20.7 Å². The van der Waals surface area contributed by atoms with Crippen LogP contribution >= 0.6 is 0 Å². The van der Waals surface area contributed by atoms with E-state index in [1.165, 1.54) is 31.5 Å². The largest absolute Gasteiger partial charge is 0.340 e. The molecule has 2 aliphatic heterocycles. The number of carbonyl (C=O) groups is 1. The van der Waals surface area contributed by atoms with E-state index in [4.69, 9.17) is 0 Å². The van der Waals surface area contributed by atoms with Crippen molar-refractivity contribution in [2.75, 3.05) is 26.2 Å². The minimum atomic E-state index is 0.319. The molecule has 21 heavy (non-hydrogen) atoms. The Morgan fingerprint density at radius 3 is 2.86 bits per heavy atom. The van der Waals surface area contributed by atoms with E-state index in [1.807, 2.05) is 11.1 Å². The fourth-order valence-corrected chi connectivity index (χ4v) is 3.93. The molecule has 1 amide bonds. The standard InChI is InChI=1S/C16H24N4O/c21-16-5-2-8-19(16)12-15-11-18(9-13-3-1-4-13)10-14-6-7-17-20(14)15/h6-7,13,15H,1-5,8-12H2. The van der Waals surface area contributed by atoms with Gasteiger partial charge in [0.25, 0.3) is 0 Å². The summed E-state index contributed by atoms with van der Waals surface area (Å²) in [5, 5.41) is 4.51. The van der Waals surface area contributed by atoms with Crippen molar-refractivity contribution in [1.29, 1.82) is 0 Å². The van der Waals surface area contributed by atoms with Crippen LogP contribution in [0.25, 0.3) is 0 Å². The first-order valence-corrected chi connectivity index (χ1v) is 8.32. The van der Waals surface area contributed by atoms with Gasteiger partial charge in [0.15, 0.2) is 0 Å². The van der Waals surface area contributed by atoms with E-state index in [0.29, 0.717) is 11.9 Å². The summed E-state index contributed by atoms with van der Waals surface area (Å²) >= 11 is 0. The number of nitrogens with zero attached hydrogens (tertiary/aromatic N) is 4. The Morgan fingerprint density at radius 2 is 2.14 bits per heavy atom. The Bertz CT molecular complexity index is 522. The normalized spacial score (nSPS) is 27.0. The van der Waals surface area contributed by atoms with E-state index in [-0.39, 0.29) is 0 Å². The van der Waals surface area contributed by atoms with Crippen molar-refractivity contribution in [3.63, 3.8) is 0 Å². The number of fused-ring (bicyclic) bond motifs is 1. The third-order valence-corrected chi connectivity index (χ3v) is 5.30. The summed E-state index contributed by atoms with van der Waals surface area (Å²) in [6.45, 7) is 5.02. The molecule has 3 heterocycles. The van der Waals surface area contributed by atoms with Gasteiger partial charge in [0.1, 0.15) is 0 Å². The molecule has 0 N–H and O–H groups in total. The van der Waals surface area contributed by atoms with Crippen molar-refractivity contribution in [3.8, 4) is 0 Å². The second-order valence-corrected chi connectivity index (χ2v) is 6.86. The van der Waals surface area contributed by atoms with Crippen LogP contribution in [0.2, 0.25) is 0 Å². The Kier molecular flexibility index (Phi) is 3.45. The monoisotopic (exact) mass is 288 g/mol. The maximum atomic E-state index is 11.9. The van der Waals surface area contributed by atoms with E-state index in [0.717, 1.165) is 44.9 Å². The summed E-state index contributed by atoms with van der Waals surface area (Å²) in [4.78, 5) is 16.5. The predicted molar refractivity (Wildman–Crippen MR) is 79.7 cm³/mol. The summed E-state index contributed by atoms with van der Waals surface area (Å²) in [5.41, 5.74) is 1.30. The van der Waals surface area contributed by atoms with E-state index in [1.54, 1.807) is 0 Å². The zero-order valence-corrected chi connectivity index (χ0v) is 12.6. The van der Waals surface area contributed by atoms with Gasteiger partial charge in [-0.15, -0.1) is 0 Å². The SMILES string of the molecule is O=C1CCCN1CC1CN(CC2CCC2)Cc2ccnn21. The average molecular weight is 288 g/mol. The summed E-state index contributed by atoms with van der Waals surface area (Å²) < 4.78 is 2.16. The minimum absolute atomic E-state index is 0.319. The molecule has 1 aromatic heterocycles. The van der Waals surface area contributed by atoms with Gasteiger partial charge in [-0.2, -0.15) is 5.10 Å². The van der Waals surface area contributed by atoms with Gasteiger partial charge in [0, 0.05) is 45.3 Å². The molecule has 4 rings (SSSR count). The van der Waals surface area contributed by atoms with Crippen LogP contribution in [0.1, 0.15) is 43.8 Å². The quantitative estimate of drug-likeness (QED) is 0.846. The van der Waals surface area contributed by atoms with Crippen LogP contribution in [-0.4, -0.2) is 51.7 Å². The van der Waals surface area contributed by atoms with Crippen molar-refractivity contribution in [1.82, 2.24) is 19.6 Å². The molecule has 5 heteroatoms. The molecular weight excluding hydrogens is 264 g/mol. The van der Waals surface area contributed by atoms with Crippen molar-refractivity contribution >= 4 is 5.91 Å². The van der Waals surface area contributed by atoms with Gasteiger partial charge in [-0.05, 0) is 31.2 Å². The topological polar surface area (TPSA) is 41.4 Å². The zero-order valence-electron chi connectivity index (χ0n) is 12.6. The molecule has 1 saturated heterocycles. The molecule has 0 spiro atoms. The van der Waals surface area contributed by atoms with Gasteiger partial charge < -0.3 is 4.90 Å². The number of rotatable bonds is 4. The second-order valence-electron chi connectivity index (χ2n) is 6.86. The van der Waals surface area contributed by atoms with Crippen LogP contribution in [0.5, 0.6) is 0 Å². The van der Waals surface area contributed by atoms with Crippen LogP contribution in [0.3, 0.4) is 0 Å². The number of likely N-dealkylation sites (tertiary alicyclic amines) is 1. The smallest absolute Gasteiger partial charge is 0.222 e. The number of hydrogen-bond donors (Lipinski definition) is 0. The molecule has 1 aromatic rings. The predicted octanol–water partition coefficient (Wildman–Crippen LogP) is 1.66. The Labute approximate surface area is 125 Å². The fraction of sp³-hybridized carbons (Fsp3) is 0.750. The first-order valence-electron chi connectivity index (χ1n) is 8.32. The Hall–Kier alpha value is -1.36. The fourth-order valence-electron chi connectivity index (χ4n) is 3.93. The molecule has 114 valence electrons. The lowest BCUT2D eigenvalue weighted by molar-refractivity contribution is -0.128. The molecule has 1 atom stereocenters. The number of amides is 1. The van der Waals surface area contributed by atoms with E-state index in [9.17, 15) is 4.79 Å². The number of aromatic nitrogens is 2. The van der Waals surface area contributed by atoms with Gasteiger partial charge in [0.2, 0.25) is 5.91 Å². The molecule has 0 bridgehead atoms. The average Bonchev–Trinajstić information content (AvgIpc) is 3.04. The minimum Gasteiger partial charge on any atom is -0.340 e. The number of carbonyl (C=O) groups excluding carboxylic acids is 1. The Morgan fingerprint density at radius 1 is 1.24 bits per heavy atom. The molecule has 0 radical (unpaired) electrons. The van der Waals surface area contributed by atoms with Crippen molar-refractivity contribution < 1.29 is 4.79 Å².